The van der Waals surface area contributed by atoms with Crippen molar-refractivity contribution in [3.63, 3.8) is 0 Å². The fraction of sp³-hybridized carbons (Fsp3) is 0.400. The highest BCUT2D eigenvalue weighted by atomic mass is 35.5. The Bertz CT molecular complexity index is 305. The van der Waals surface area contributed by atoms with Crippen molar-refractivity contribution in [1.29, 1.82) is 0 Å². The van der Waals surface area contributed by atoms with E-state index in [4.69, 9.17) is 11.6 Å². The molecule has 1 aromatic rings. The van der Waals surface area contributed by atoms with E-state index < -0.39 is 0 Å². The summed E-state index contributed by atoms with van der Waals surface area (Å²) >= 11 is 6.06. The molecule has 0 saturated carbocycles. The Labute approximate surface area is 78.0 Å². The van der Waals surface area contributed by atoms with E-state index in [2.05, 4.69) is 0 Å². The first-order valence-electron chi connectivity index (χ1n) is 4.05. The van der Waals surface area contributed by atoms with Gasteiger partial charge in [-0.1, -0.05) is 18.5 Å². The lowest BCUT2D eigenvalue weighted by Crippen LogP contribution is -1.90. The van der Waals surface area contributed by atoms with Crippen molar-refractivity contribution in [1.82, 2.24) is 0 Å². The SMILES string of the molecule is CCc1cc(O)c(C)c(C)c1Cl. The topological polar surface area (TPSA) is 20.2 Å². The van der Waals surface area contributed by atoms with E-state index in [0.29, 0.717) is 5.75 Å². The summed E-state index contributed by atoms with van der Waals surface area (Å²) in [4.78, 5) is 0. The molecular formula is C10H13ClO. The van der Waals surface area contributed by atoms with Crippen LogP contribution in [-0.2, 0) is 6.42 Å². The molecule has 12 heavy (non-hydrogen) atoms. The fourth-order valence-corrected chi connectivity index (χ4v) is 1.52. The highest BCUT2D eigenvalue weighted by Gasteiger charge is 2.08. The molecule has 0 unspecified atom stereocenters. The van der Waals surface area contributed by atoms with Gasteiger partial charge in [0.15, 0.2) is 0 Å². The van der Waals surface area contributed by atoms with Gasteiger partial charge >= 0.3 is 0 Å². The first-order valence-corrected chi connectivity index (χ1v) is 4.43. The van der Waals surface area contributed by atoms with Crippen LogP contribution >= 0.6 is 11.6 Å². The molecule has 0 spiro atoms. The quantitative estimate of drug-likeness (QED) is 0.711. The Morgan fingerprint density at radius 3 is 2.42 bits per heavy atom. The molecule has 66 valence electrons. The number of aromatic hydroxyl groups is 1. The van der Waals surface area contributed by atoms with Crippen LogP contribution < -0.4 is 0 Å². The Hall–Kier alpha value is -0.690. The molecule has 0 heterocycles. The van der Waals surface area contributed by atoms with Crippen LogP contribution in [-0.4, -0.2) is 5.11 Å². The van der Waals surface area contributed by atoms with Crippen LogP contribution in [0.4, 0.5) is 0 Å². The van der Waals surface area contributed by atoms with Gasteiger partial charge in [0.25, 0.3) is 0 Å². The third-order valence-electron chi connectivity index (χ3n) is 2.25. The van der Waals surface area contributed by atoms with Crippen LogP contribution in [0.3, 0.4) is 0 Å². The minimum Gasteiger partial charge on any atom is -0.508 e. The molecule has 1 nitrogen and oxygen atoms in total. The van der Waals surface area contributed by atoms with Crippen molar-refractivity contribution in [2.45, 2.75) is 27.2 Å². The van der Waals surface area contributed by atoms with Crippen LogP contribution in [0, 0.1) is 13.8 Å². The number of phenols is 1. The Morgan fingerprint density at radius 1 is 1.33 bits per heavy atom. The lowest BCUT2D eigenvalue weighted by atomic mass is 10.0. The monoisotopic (exact) mass is 184 g/mol. The first kappa shape index (κ1) is 9.40. The van der Waals surface area contributed by atoms with Gasteiger partial charge in [-0.15, -0.1) is 0 Å². The number of halogens is 1. The van der Waals surface area contributed by atoms with Crippen molar-refractivity contribution >= 4 is 11.6 Å². The van der Waals surface area contributed by atoms with E-state index in [-0.39, 0.29) is 0 Å². The number of rotatable bonds is 1. The predicted octanol–water partition coefficient (Wildman–Crippen LogP) is 3.22. The van der Waals surface area contributed by atoms with Crippen LogP contribution in [0.15, 0.2) is 6.07 Å². The number of hydrogen-bond donors (Lipinski definition) is 1. The highest BCUT2D eigenvalue weighted by Crippen LogP contribution is 2.30. The van der Waals surface area contributed by atoms with Crippen molar-refractivity contribution in [3.05, 3.63) is 27.8 Å². The van der Waals surface area contributed by atoms with E-state index in [0.717, 1.165) is 28.1 Å². The second kappa shape index (κ2) is 3.36. The minimum atomic E-state index is 0.341. The van der Waals surface area contributed by atoms with Gasteiger partial charge in [0.1, 0.15) is 5.75 Å². The predicted molar refractivity (Wildman–Crippen MR) is 52.0 cm³/mol. The average Bonchev–Trinajstić information content (AvgIpc) is 2.08. The van der Waals surface area contributed by atoms with Crippen LogP contribution in [0.25, 0.3) is 0 Å². The van der Waals surface area contributed by atoms with E-state index in [9.17, 15) is 5.11 Å². The summed E-state index contributed by atoms with van der Waals surface area (Å²) < 4.78 is 0. The molecule has 1 rings (SSSR count). The molecule has 0 bridgehead atoms. The second-order valence-corrected chi connectivity index (χ2v) is 3.35. The summed E-state index contributed by atoms with van der Waals surface area (Å²) in [5.41, 5.74) is 2.86. The Morgan fingerprint density at radius 2 is 1.92 bits per heavy atom. The van der Waals surface area contributed by atoms with Gasteiger partial charge < -0.3 is 5.11 Å². The van der Waals surface area contributed by atoms with Crippen molar-refractivity contribution in [2.24, 2.45) is 0 Å². The van der Waals surface area contributed by atoms with E-state index in [1.54, 1.807) is 6.07 Å². The van der Waals surface area contributed by atoms with Gasteiger partial charge in [0, 0.05) is 5.02 Å². The summed E-state index contributed by atoms with van der Waals surface area (Å²) in [7, 11) is 0. The summed E-state index contributed by atoms with van der Waals surface area (Å²) in [6.07, 6.45) is 0.855. The Balaban J connectivity index is 3.39. The van der Waals surface area contributed by atoms with Gasteiger partial charge in [-0.2, -0.15) is 0 Å². The maximum atomic E-state index is 9.48. The molecule has 0 aliphatic rings. The molecule has 0 saturated heterocycles. The molecule has 2 heteroatoms. The number of aryl methyl sites for hydroxylation is 1. The number of phenolic OH excluding ortho intramolecular Hbond substituents is 1. The van der Waals surface area contributed by atoms with E-state index >= 15 is 0 Å². The fourth-order valence-electron chi connectivity index (χ4n) is 1.19. The van der Waals surface area contributed by atoms with E-state index in [1.165, 1.54) is 0 Å². The number of benzene rings is 1. The third kappa shape index (κ3) is 1.42. The summed E-state index contributed by atoms with van der Waals surface area (Å²) in [5.74, 6) is 0.341. The van der Waals surface area contributed by atoms with Crippen molar-refractivity contribution in [3.8, 4) is 5.75 Å². The van der Waals surface area contributed by atoms with Gasteiger partial charge in [-0.3, -0.25) is 0 Å². The largest absolute Gasteiger partial charge is 0.508 e. The minimum absolute atomic E-state index is 0.341. The molecule has 0 aliphatic heterocycles. The lowest BCUT2D eigenvalue weighted by Gasteiger charge is -2.09. The summed E-state index contributed by atoms with van der Waals surface area (Å²) in [6, 6.07) is 1.74. The molecular weight excluding hydrogens is 172 g/mol. The number of hydrogen-bond acceptors (Lipinski definition) is 1. The Kier molecular flexibility index (Phi) is 2.63. The van der Waals surface area contributed by atoms with Gasteiger partial charge in [-0.25, -0.2) is 0 Å². The standard InChI is InChI=1S/C10H13ClO/c1-4-8-5-9(12)6(2)7(3)10(8)11/h5,12H,4H2,1-3H3. The zero-order chi connectivity index (χ0) is 9.30. The third-order valence-corrected chi connectivity index (χ3v) is 2.78. The average molecular weight is 185 g/mol. The zero-order valence-corrected chi connectivity index (χ0v) is 8.37. The zero-order valence-electron chi connectivity index (χ0n) is 7.61. The molecule has 0 fully saturated rings. The molecule has 1 N–H and O–H groups in total. The smallest absolute Gasteiger partial charge is 0.119 e. The van der Waals surface area contributed by atoms with Crippen molar-refractivity contribution in [2.75, 3.05) is 0 Å². The maximum Gasteiger partial charge on any atom is 0.119 e. The molecule has 0 aromatic heterocycles. The van der Waals surface area contributed by atoms with E-state index in [1.807, 2.05) is 20.8 Å². The van der Waals surface area contributed by atoms with Gasteiger partial charge in [0.2, 0.25) is 0 Å². The molecule has 0 atom stereocenters. The second-order valence-electron chi connectivity index (χ2n) is 2.97. The summed E-state index contributed by atoms with van der Waals surface area (Å²) in [6.45, 7) is 5.82. The highest BCUT2D eigenvalue weighted by molar-refractivity contribution is 6.32. The molecule has 0 aliphatic carbocycles. The van der Waals surface area contributed by atoms with Gasteiger partial charge in [-0.05, 0) is 43.0 Å². The maximum absolute atomic E-state index is 9.48. The molecule has 0 radical (unpaired) electrons. The molecule has 0 amide bonds. The first-order chi connectivity index (χ1) is 5.57. The normalized spacial score (nSPS) is 10.3. The van der Waals surface area contributed by atoms with Crippen LogP contribution in [0.5, 0.6) is 5.75 Å². The van der Waals surface area contributed by atoms with Crippen molar-refractivity contribution < 1.29 is 5.11 Å². The lowest BCUT2D eigenvalue weighted by molar-refractivity contribution is 0.470. The van der Waals surface area contributed by atoms with Crippen LogP contribution in [0.2, 0.25) is 5.02 Å². The molecule has 1 aromatic carbocycles. The van der Waals surface area contributed by atoms with Crippen LogP contribution in [0.1, 0.15) is 23.6 Å². The summed E-state index contributed by atoms with van der Waals surface area (Å²) in [5, 5.41) is 10.3. The van der Waals surface area contributed by atoms with Gasteiger partial charge in [0.05, 0.1) is 0 Å².